The molecule has 1 atom stereocenters. The van der Waals surface area contributed by atoms with Gasteiger partial charge in [0.1, 0.15) is 10.6 Å². The number of rotatable bonds is 5. The summed E-state index contributed by atoms with van der Waals surface area (Å²) in [6.45, 7) is 1.92. The number of hydrogen-bond donors (Lipinski definition) is 1. The number of nitrogens with zero attached hydrogens (tertiary/aromatic N) is 2. The van der Waals surface area contributed by atoms with Crippen molar-refractivity contribution in [2.45, 2.75) is 19.4 Å². The number of halogens is 1. The van der Waals surface area contributed by atoms with Gasteiger partial charge in [0.15, 0.2) is 0 Å². The van der Waals surface area contributed by atoms with E-state index in [1.807, 2.05) is 0 Å². The zero-order valence-electron chi connectivity index (χ0n) is 10.7. The summed E-state index contributed by atoms with van der Waals surface area (Å²) < 4.78 is 0. The Kier molecular flexibility index (Phi) is 5.26. The van der Waals surface area contributed by atoms with E-state index in [9.17, 15) is 20.0 Å². The summed E-state index contributed by atoms with van der Waals surface area (Å²) in [7, 11) is 1.52. The van der Waals surface area contributed by atoms with E-state index < -0.39 is 22.6 Å². The SMILES string of the molecule is CC(O)CCN(C)C(=O)c1cccc(Cl)c1[N+](=O)[O-]. The molecule has 0 fully saturated rings. The van der Waals surface area contributed by atoms with Crippen molar-refractivity contribution >= 4 is 23.2 Å². The molecule has 1 aromatic carbocycles. The zero-order valence-corrected chi connectivity index (χ0v) is 11.4. The van der Waals surface area contributed by atoms with Gasteiger partial charge >= 0.3 is 5.69 Å². The van der Waals surface area contributed by atoms with Gasteiger partial charge in [-0.1, -0.05) is 17.7 Å². The van der Waals surface area contributed by atoms with Crippen molar-refractivity contribution < 1.29 is 14.8 Å². The fourth-order valence-electron chi connectivity index (χ4n) is 1.56. The maximum atomic E-state index is 12.1. The zero-order chi connectivity index (χ0) is 14.6. The van der Waals surface area contributed by atoms with Crippen LogP contribution in [0.2, 0.25) is 5.02 Å². The smallest absolute Gasteiger partial charge is 0.300 e. The average molecular weight is 287 g/mol. The molecule has 1 amide bonds. The minimum atomic E-state index is -0.669. The quantitative estimate of drug-likeness (QED) is 0.663. The van der Waals surface area contributed by atoms with E-state index in [-0.39, 0.29) is 10.6 Å². The van der Waals surface area contributed by atoms with Crippen LogP contribution in [0.5, 0.6) is 0 Å². The van der Waals surface area contributed by atoms with Gasteiger partial charge in [-0.15, -0.1) is 0 Å². The normalized spacial score (nSPS) is 12.0. The molecule has 0 heterocycles. The lowest BCUT2D eigenvalue weighted by Gasteiger charge is -2.18. The highest BCUT2D eigenvalue weighted by Crippen LogP contribution is 2.28. The number of para-hydroxylation sites is 1. The number of aliphatic hydroxyl groups is 1. The highest BCUT2D eigenvalue weighted by molar-refractivity contribution is 6.33. The minimum Gasteiger partial charge on any atom is -0.393 e. The lowest BCUT2D eigenvalue weighted by molar-refractivity contribution is -0.385. The van der Waals surface area contributed by atoms with Gasteiger partial charge in [0.05, 0.1) is 11.0 Å². The predicted molar refractivity (Wildman–Crippen MR) is 71.4 cm³/mol. The van der Waals surface area contributed by atoms with Gasteiger partial charge in [-0.3, -0.25) is 14.9 Å². The van der Waals surface area contributed by atoms with Gasteiger partial charge in [-0.2, -0.15) is 0 Å². The van der Waals surface area contributed by atoms with Crippen molar-refractivity contribution in [1.82, 2.24) is 4.90 Å². The second kappa shape index (κ2) is 6.49. The number of amides is 1. The van der Waals surface area contributed by atoms with Crippen molar-refractivity contribution in [1.29, 1.82) is 0 Å². The fourth-order valence-corrected chi connectivity index (χ4v) is 1.80. The molecule has 1 N–H and O–H groups in total. The Morgan fingerprint density at radius 1 is 1.58 bits per heavy atom. The highest BCUT2D eigenvalue weighted by atomic mass is 35.5. The molecular formula is C12H15ClN2O4. The third-order valence-electron chi connectivity index (χ3n) is 2.63. The van der Waals surface area contributed by atoms with Crippen LogP contribution >= 0.6 is 11.6 Å². The molecule has 6 nitrogen and oxygen atoms in total. The van der Waals surface area contributed by atoms with Gasteiger partial charge in [0, 0.05) is 13.6 Å². The topological polar surface area (TPSA) is 83.7 Å². The Morgan fingerprint density at radius 2 is 2.21 bits per heavy atom. The summed E-state index contributed by atoms with van der Waals surface area (Å²) in [5, 5.41) is 20.0. The lowest BCUT2D eigenvalue weighted by Crippen LogP contribution is -2.30. The molecule has 0 aliphatic heterocycles. The Morgan fingerprint density at radius 3 is 2.74 bits per heavy atom. The Balaban J connectivity index is 2.99. The number of hydrogen-bond acceptors (Lipinski definition) is 4. The second-order valence-corrected chi connectivity index (χ2v) is 4.66. The molecule has 0 aliphatic rings. The number of nitro benzene ring substituents is 1. The van der Waals surface area contributed by atoms with Crippen molar-refractivity contribution in [2.75, 3.05) is 13.6 Å². The van der Waals surface area contributed by atoms with E-state index in [1.54, 1.807) is 6.92 Å². The molecule has 0 aromatic heterocycles. The van der Waals surface area contributed by atoms with Crippen molar-refractivity contribution in [3.8, 4) is 0 Å². The van der Waals surface area contributed by atoms with Gasteiger partial charge in [0.25, 0.3) is 5.91 Å². The van der Waals surface area contributed by atoms with Crippen LogP contribution in [-0.2, 0) is 0 Å². The van der Waals surface area contributed by atoms with E-state index in [0.717, 1.165) is 0 Å². The van der Waals surface area contributed by atoms with Gasteiger partial charge in [0.2, 0.25) is 0 Å². The Bertz CT molecular complexity index is 491. The first-order valence-electron chi connectivity index (χ1n) is 5.71. The first-order chi connectivity index (χ1) is 8.84. The third kappa shape index (κ3) is 3.90. The molecule has 1 aromatic rings. The molecule has 1 unspecified atom stereocenters. The molecule has 0 radical (unpaired) electrons. The molecular weight excluding hydrogens is 272 g/mol. The van der Waals surface area contributed by atoms with E-state index >= 15 is 0 Å². The van der Waals surface area contributed by atoms with Crippen LogP contribution in [-0.4, -0.2) is 40.5 Å². The number of carbonyl (C=O) groups excluding carboxylic acids is 1. The standard InChI is InChI=1S/C12H15ClN2O4/c1-8(16)6-7-14(2)12(17)9-4-3-5-10(13)11(9)15(18)19/h3-5,8,16H,6-7H2,1-2H3. The van der Waals surface area contributed by atoms with Gasteiger partial charge < -0.3 is 10.0 Å². The molecule has 7 heteroatoms. The molecule has 1 rings (SSSR count). The summed E-state index contributed by atoms with van der Waals surface area (Å²) in [5.74, 6) is -0.491. The molecule has 19 heavy (non-hydrogen) atoms. The second-order valence-electron chi connectivity index (χ2n) is 4.26. The predicted octanol–water partition coefficient (Wildman–Crippen LogP) is 2.09. The van der Waals surface area contributed by atoms with Crippen molar-refractivity contribution in [2.24, 2.45) is 0 Å². The summed E-state index contributed by atoms with van der Waals surface area (Å²) in [6.07, 6.45) is -0.138. The number of benzene rings is 1. The highest BCUT2D eigenvalue weighted by Gasteiger charge is 2.25. The van der Waals surface area contributed by atoms with Gasteiger partial charge in [-0.05, 0) is 25.5 Å². The summed E-state index contributed by atoms with van der Waals surface area (Å²) in [4.78, 5) is 23.7. The van der Waals surface area contributed by atoms with Crippen LogP contribution in [0.4, 0.5) is 5.69 Å². The van der Waals surface area contributed by atoms with Crippen LogP contribution < -0.4 is 0 Å². The summed E-state index contributed by atoms with van der Waals surface area (Å²) in [5.41, 5.74) is -0.441. The maximum Gasteiger partial charge on any atom is 0.300 e. The average Bonchev–Trinajstić information content (AvgIpc) is 2.34. The molecule has 104 valence electrons. The van der Waals surface area contributed by atoms with Crippen molar-refractivity contribution in [3.05, 3.63) is 38.9 Å². The van der Waals surface area contributed by atoms with Crippen LogP contribution in [0, 0.1) is 10.1 Å². The first kappa shape index (κ1) is 15.4. The summed E-state index contributed by atoms with van der Waals surface area (Å²) >= 11 is 5.75. The number of carbonyl (C=O) groups is 1. The third-order valence-corrected chi connectivity index (χ3v) is 2.93. The van der Waals surface area contributed by atoms with E-state index in [0.29, 0.717) is 13.0 Å². The van der Waals surface area contributed by atoms with Crippen LogP contribution in [0.3, 0.4) is 0 Å². The molecule has 0 saturated heterocycles. The lowest BCUT2D eigenvalue weighted by atomic mass is 10.1. The van der Waals surface area contributed by atoms with Crippen LogP contribution in [0.25, 0.3) is 0 Å². The van der Waals surface area contributed by atoms with E-state index in [2.05, 4.69) is 0 Å². The molecule has 0 saturated carbocycles. The van der Waals surface area contributed by atoms with E-state index in [1.165, 1.54) is 30.1 Å². The monoisotopic (exact) mass is 286 g/mol. The maximum absolute atomic E-state index is 12.1. The minimum absolute atomic E-state index is 0.0504. The Labute approximate surface area is 115 Å². The molecule has 0 spiro atoms. The first-order valence-corrected chi connectivity index (χ1v) is 6.08. The number of nitro groups is 1. The van der Waals surface area contributed by atoms with Crippen LogP contribution in [0.1, 0.15) is 23.7 Å². The summed E-state index contributed by atoms with van der Waals surface area (Å²) in [6, 6.07) is 4.22. The van der Waals surface area contributed by atoms with Gasteiger partial charge in [-0.25, -0.2) is 0 Å². The number of aliphatic hydroxyl groups excluding tert-OH is 1. The fraction of sp³-hybridized carbons (Fsp3) is 0.417. The molecule has 0 aliphatic carbocycles. The Hall–Kier alpha value is -1.66. The van der Waals surface area contributed by atoms with E-state index in [4.69, 9.17) is 11.6 Å². The largest absolute Gasteiger partial charge is 0.393 e. The molecule has 0 bridgehead atoms. The van der Waals surface area contributed by atoms with Crippen molar-refractivity contribution in [3.63, 3.8) is 0 Å². The van der Waals surface area contributed by atoms with Crippen LogP contribution in [0.15, 0.2) is 18.2 Å².